The highest BCUT2D eigenvalue weighted by atomic mass is 32.2. The molecule has 6 heteroatoms. The summed E-state index contributed by atoms with van der Waals surface area (Å²) in [5, 5.41) is 2.81. The number of sulfonamides is 1. The number of nitrogens with one attached hydrogen (secondary N) is 1. The highest BCUT2D eigenvalue weighted by Crippen LogP contribution is 2.26. The van der Waals surface area contributed by atoms with Gasteiger partial charge in [-0.05, 0) is 30.9 Å². The molecule has 116 valence electrons. The minimum atomic E-state index is -3.41. The summed E-state index contributed by atoms with van der Waals surface area (Å²) >= 11 is 0. The van der Waals surface area contributed by atoms with E-state index in [1.807, 2.05) is 31.2 Å². The van der Waals surface area contributed by atoms with Gasteiger partial charge in [0.15, 0.2) is 0 Å². The van der Waals surface area contributed by atoms with E-state index in [0.29, 0.717) is 13.0 Å². The topological polar surface area (TPSA) is 66.5 Å². The molecule has 0 radical (unpaired) electrons. The van der Waals surface area contributed by atoms with Crippen molar-refractivity contribution < 1.29 is 13.2 Å². The van der Waals surface area contributed by atoms with Crippen molar-refractivity contribution in [2.75, 3.05) is 12.3 Å². The molecule has 0 spiro atoms. The molecule has 0 saturated heterocycles. The molecule has 2 rings (SSSR count). The maximum Gasteiger partial charge on any atom is 0.238 e. The molecule has 1 heterocycles. The molecule has 0 saturated carbocycles. The third-order valence-electron chi connectivity index (χ3n) is 3.78. The predicted molar refractivity (Wildman–Crippen MR) is 82.2 cm³/mol. The van der Waals surface area contributed by atoms with E-state index in [4.69, 9.17) is 0 Å². The van der Waals surface area contributed by atoms with Crippen molar-refractivity contribution in [3.05, 3.63) is 35.4 Å². The molecule has 1 aliphatic rings. The summed E-state index contributed by atoms with van der Waals surface area (Å²) in [6.07, 6.45) is 1.26. The number of carbonyl (C=O) groups is 1. The van der Waals surface area contributed by atoms with E-state index >= 15 is 0 Å². The normalized spacial score (nSPS) is 19.0. The van der Waals surface area contributed by atoms with E-state index in [1.165, 1.54) is 4.31 Å². The Labute approximate surface area is 126 Å². The predicted octanol–water partition coefficient (Wildman–Crippen LogP) is 1.29. The largest absolute Gasteiger partial charge is 0.355 e. The zero-order valence-corrected chi connectivity index (χ0v) is 13.3. The molecule has 0 unspecified atom stereocenters. The summed E-state index contributed by atoms with van der Waals surface area (Å²) in [6.45, 7) is 4.42. The van der Waals surface area contributed by atoms with Crippen molar-refractivity contribution in [1.29, 1.82) is 0 Å². The van der Waals surface area contributed by atoms with Gasteiger partial charge in [-0.25, -0.2) is 8.42 Å². The smallest absolute Gasteiger partial charge is 0.238 e. The first-order chi connectivity index (χ1) is 9.99. The molecule has 0 aliphatic carbocycles. The summed E-state index contributed by atoms with van der Waals surface area (Å²) < 4.78 is 25.9. The lowest BCUT2D eigenvalue weighted by Gasteiger charge is -2.34. The third kappa shape index (κ3) is 3.44. The molecule has 5 nitrogen and oxygen atoms in total. The Morgan fingerprint density at radius 2 is 1.95 bits per heavy atom. The molecule has 21 heavy (non-hydrogen) atoms. The Hall–Kier alpha value is -1.40. The van der Waals surface area contributed by atoms with Crippen LogP contribution in [0.25, 0.3) is 0 Å². The van der Waals surface area contributed by atoms with Crippen LogP contribution in [0.5, 0.6) is 0 Å². The number of hydrogen-bond donors (Lipinski definition) is 1. The fraction of sp³-hybridized carbons (Fsp3) is 0.533. The number of amides is 1. The summed E-state index contributed by atoms with van der Waals surface area (Å²) in [5.74, 6) is -0.199. The van der Waals surface area contributed by atoms with Gasteiger partial charge in [-0.3, -0.25) is 4.79 Å². The van der Waals surface area contributed by atoms with Crippen LogP contribution in [0.1, 0.15) is 31.4 Å². The van der Waals surface area contributed by atoms with E-state index in [2.05, 4.69) is 5.32 Å². The maximum atomic E-state index is 12.3. The van der Waals surface area contributed by atoms with Gasteiger partial charge in [-0.2, -0.15) is 4.31 Å². The van der Waals surface area contributed by atoms with E-state index in [1.54, 1.807) is 6.92 Å². The average Bonchev–Trinajstić information content (AvgIpc) is 2.51. The molecule has 1 aromatic rings. The quantitative estimate of drug-likeness (QED) is 0.891. The molecule has 0 bridgehead atoms. The minimum absolute atomic E-state index is 0.00667. The molecule has 1 aliphatic heterocycles. The Kier molecular flexibility index (Phi) is 5.00. The van der Waals surface area contributed by atoms with Gasteiger partial charge in [0.05, 0.1) is 5.75 Å². The second-order valence-electron chi connectivity index (χ2n) is 5.23. The zero-order chi connectivity index (χ0) is 15.5. The van der Waals surface area contributed by atoms with Crippen LogP contribution in [0.4, 0.5) is 0 Å². The van der Waals surface area contributed by atoms with E-state index in [0.717, 1.165) is 17.5 Å². The average molecular weight is 310 g/mol. The molecule has 0 aromatic heterocycles. The third-order valence-corrected chi connectivity index (χ3v) is 5.61. The van der Waals surface area contributed by atoms with Gasteiger partial charge in [0.2, 0.25) is 15.9 Å². The number of hydrogen-bond acceptors (Lipinski definition) is 3. The van der Waals surface area contributed by atoms with Crippen molar-refractivity contribution in [1.82, 2.24) is 9.62 Å². The van der Waals surface area contributed by atoms with Crippen LogP contribution >= 0.6 is 0 Å². The van der Waals surface area contributed by atoms with Gasteiger partial charge in [-0.1, -0.05) is 31.2 Å². The molecule has 1 atom stereocenters. The highest BCUT2D eigenvalue weighted by molar-refractivity contribution is 7.89. The van der Waals surface area contributed by atoms with Gasteiger partial charge in [0.25, 0.3) is 0 Å². The van der Waals surface area contributed by atoms with Crippen molar-refractivity contribution in [3.63, 3.8) is 0 Å². The van der Waals surface area contributed by atoms with Gasteiger partial charge < -0.3 is 5.32 Å². The standard InChI is InChI=1S/C15H22N2O3S/c1-3-9-16-15(18)14-10-12-7-5-6-8-13(12)11-17(14)21(19,20)4-2/h5-8,14H,3-4,9-11H2,1-2H3,(H,16,18)/t14-/m1/s1. The molecule has 1 N–H and O–H groups in total. The zero-order valence-electron chi connectivity index (χ0n) is 12.5. The van der Waals surface area contributed by atoms with Gasteiger partial charge >= 0.3 is 0 Å². The SMILES string of the molecule is CCCNC(=O)[C@H]1Cc2ccccc2CN1S(=O)(=O)CC. The van der Waals surface area contributed by atoms with E-state index in [9.17, 15) is 13.2 Å². The lowest BCUT2D eigenvalue weighted by Crippen LogP contribution is -2.52. The summed E-state index contributed by atoms with van der Waals surface area (Å²) in [6, 6.07) is 7.06. The minimum Gasteiger partial charge on any atom is -0.355 e. The number of benzene rings is 1. The first kappa shape index (κ1) is 16.0. The first-order valence-corrected chi connectivity index (χ1v) is 8.94. The van der Waals surface area contributed by atoms with Crippen LogP contribution in [0.15, 0.2) is 24.3 Å². The fourth-order valence-electron chi connectivity index (χ4n) is 2.55. The Balaban J connectivity index is 2.33. The molecular formula is C15H22N2O3S. The Bertz CT molecular complexity index is 613. The Morgan fingerprint density at radius 3 is 2.57 bits per heavy atom. The summed E-state index contributed by atoms with van der Waals surface area (Å²) in [5.41, 5.74) is 2.03. The lowest BCUT2D eigenvalue weighted by molar-refractivity contribution is -0.125. The second-order valence-corrected chi connectivity index (χ2v) is 7.44. The van der Waals surface area contributed by atoms with Crippen LogP contribution < -0.4 is 5.32 Å². The molecule has 1 amide bonds. The number of fused-ring (bicyclic) bond motifs is 1. The van der Waals surface area contributed by atoms with Crippen molar-refractivity contribution in [3.8, 4) is 0 Å². The van der Waals surface area contributed by atoms with Crippen LogP contribution in [0.2, 0.25) is 0 Å². The van der Waals surface area contributed by atoms with Gasteiger partial charge in [0.1, 0.15) is 6.04 Å². The van der Waals surface area contributed by atoms with Crippen molar-refractivity contribution >= 4 is 15.9 Å². The van der Waals surface area contributed by atoms with Crippen LogP contribution in [-0.2, 0) is 27.8 Å². The van der Waals surface area contributed by atoms with E-state index < -0.39 is 16.1 Å². The number of carbonyl (C=O) groups excluding carboxylic acids is 1. The van der Waals surface area contributed by atoms with E-state index in [-0.39, 0.29) is 18.2 Å². The lowest BCUT2D eigenvalue weighted by atomic mass is 9.95. The van der Waals surface area contributed by atoms with Gasteiger partial charge in [-0.15, -0.1) is 0 Å². The first-order valence-electron chi connectivity index (χ1n) is 7.33. The maximum absolute atomic E-state index is 12.3. The van der Waals surface area contributed by atoms with Crippen molar-refractivity contribution in [2.45, 2.75) is 39.3 Å². The molecular weight excluding hydrogens is 288 g/mol. The van der Waals surface area contributed by atoms with Crippen LogP contribution in [0, 0.1) is 0 Å². The summed E-state index contributed by atoms with van der Waals surface area (Å²) in [4.78, 5) is 12.3. The highest BCUT2D eigenvalue weighted by Gasteiger charge is 2.37. The molecule has 1 aromatic carbocycles. The molecule has 0 fully saturated rings. The number of nitrogens with zero attached hydrogens (tertiary/aromatic N) is 1. The van der Waals surface area contributed by atoms with Crippen LogP contribution in [0.3, 0.4) is 0 Å². The van der Waals surface area contributed by atoms with Crippen molar-refractivity contribution in [2.24, 2.45) is 0 Å². The van der Waals surface area contributed by atoms with Crippen LogP contribution in [-0.4, -0.2) is 37.0 Å². The summed E-state index contributed by atoms with van der Waals surface area (Å²) in [7, 11) is -3.41. The fourth-order valence-corrected chi connectivity index (χ4v) is 3.77. The van der Waals surface area contributed by atoms with Gasteiger partial charge in [0, 0.05) is 13.1 Å². The Morgan fingerprint density at radius 1 is 1.29 bits per heavy atom. The monoisotopic (exact) mass is 310 g/mol. The number of rotatable bonds is 5. The second kappa shape index (κ2) is 6.58.